The minimum Gasteiger partial charge on any atom is -0.457 e. The van der Waals surface area contributed by atoms with Gasteiger partial charge in [0.15, 0.2) is 0 Å². The fraction of sp³-hybridized carbons (Fsp3) is 0.0625. The molecule has 10 heteroatoms. The van der Waals surface area contributed by atoms with Crippen molar-refractivity contribution in [1.82, 2.24) is 0 Å². The molecular weight excluding hydrogens is 594 g/mol. The summed E-state index contributed by atoms with van der Waals surface area (Å²) >= 11 is 2.93. The molecule has 5 aromatic rings. The van der Waals surface area contributed by atoms with E-state index in [-0.39, 0.29) is 11.5 Å². The van der Waals surface area contributed by atoms with Gasteiger partial charge in [-0.2, -0.15) is 26.3 Å². The van der Waals surface area contributed by atoms with Crippen LogP contribution < -0.4 is 9.47 Å². The van der Waals surface area contributed by atoms with Crippen molar-refractivity contribution in [2.45, 2.75) is 31.9 Å². The summed E-state index contributed by atoms with van der Waals surface area (Å²) in [5.74, 6) is 0.985. The molecule has 0 N–H and O–H groups in total. The SMILES string of the molecule is FC(F)(F)c1cccc(Oc2cccc(Sc3cccc(Sc4cccc(Oc5cccc(C(F)(F)F)c5)c4)c3)c2)c1. The van der Waals surface area contributed by atoms with E-state index >= 15 is 0 Å². The molecule has 0 bridgehead atoms. The Kier molecular flexibility index (Phi) is 8.74. The van der Waals surface area contributed by atoms with Gasteiger partial charge >= 0.3 is 12.4 Å². The van der Waals surface area contributed by atoms with Crippen LogP contribution in [0.15, 0.2) is 141 Å². The predicted molar refractivity (Wildman–Crippen MR) is 151 cm³/mol. The van der Waals surface area contributed by atoms with Gasteiger partial charge in [0.05, 0.1) is 11.1 Å². The van der Waals surface area contributed by atoms with Crippen molar-refractivity contribution in [2.75, 3.05) is 0 Å². The van der Waals surface area contributed by atoms with Crippen molar-refractivity contribution >= 4 is 23.5 Å². The summed E-state index contributed by atoms with van der Waals surface area (Å²) in [5.41, 5.74) is -1.57. The Labute approximate surface area is 246 Å². The number of hydrogen-bond donors (Lipinski definition) is 0. The first-order valence-electron chi connectivity index (χ1n) is 12.4. The standard InChI is InChI=1S/C32H20F6O2S2/c33-31(34,35)21-6-1-8-23(16-21)39-25-10-3-12-27(18-25)41-29-14-5-15-30(20-29)42-28-13-4-11-26(19-28)40-24-9-2-7-22(17-24)32(36,37)38/h1-20H. The Morgan fingerprint density at radius 1 is 0.381 bits per heavy atom. The first-order valence-corrected chi connectivity index (χ1v) is 14.0. The van der Waals surface area contributed by atoms with Crippen LogP contribution in [0.5, 0.6) is 23.0 Å². The fourth-order valence-corrected chi connectivity index (χ4v) is 5.75. The lowest BCUT2D eigenvalue weighted by Crippen LogP contribution is -2.04. The van der Waals surface area contributed by atoms with E-state index in [9.17, 15) is 26.3 Å². The van der Waals surface area contributed by atoms with Crippen molar-refractivity contribution in [3.8, 4) is 23.0 Å². The molecule has 0 saturated carbocycles. The first kappa shape index (κ1) is 29.5. The van der Waals surface area contributed by atoms with E-state index in [0.717, 1.165) is 43.8 Å². The Bertz CT molecular complexity index is 1560. The summed E-state index contributed by atoms with van der Waals surface area (Å²) in [6.07, 6.45) is -8.92. The quantitative estimate of drug-likeness (QED) is 0.162. The minimum atomic E-state index is -4.46. The molecule has 0 fully saturated rings. The van der Waals surface area contributed by atoms with Gasteiger partial charge in [0.1, 0.15) is 23.0 Å². The van der Waals surface area contributed by atoms with Crippen LogP contribution in [-0.2, 0) is 12.4 Å². The van der Waals surface area contributed by atoms with Gasteiger partial charge in [0, 0.05) is 19.6 Å². The Balaban J connectivity index is 1.25. The number of halogens is 6. The largest absolute Gasteiger partial charge is 0.457 e. The third-order valence-electron chi connectivity index (χ3n) is 5.68. The number of rotatable bonds is 8. The van der Waals surface area contributed by atoms with Crippen molar-refractivity contribution in [1.29, 1.82) is 0 Å². The highest BCUT2D eigenvalue weighted by atomic mass is 32.2. The number of benzene rings is 5. The molecule has 0 radical (unpaired) electrons. The second-order valence-electron chi connectivity index (χ2n) is 8.88. The van der Waals surface area contributed by atoms with Crippen LogP contribution in [0.1, 0.15) is 11.1 Å². The molecule has 2 nitrogen and oxygen atoms in total. The van der Waals surface area contributed by atoms with E-state index in [4.69, 9.17) is 9.47 Å². The van der Waals surface area contributed by atoms with Crippen LogP contribution in [0.4, 0.5) is 26.3 Å². The van der Waals surface area contributed by atoms with Gasteiger partial charge in [-0.1, -0.05) is 53.9 Å². The van der Waals surface area contributed by atoms with Crippen LogP contribution in [0.3, 0.4) is 0 Å². The number of ether oxygens (including phenoxy) is 2. The fourth-order valence-electron chi connectivity index (χ4n) is 3.82. The Hall–Kier alpha value is -4.02. The van der Waals surface area contributed by atoms with Gasteiger partial charge in [-0.15, -0.1) is 0 Å². The van der Waals surface area contributed by atoms with Crippen molar-refractivity contribution in [3.63, 3.8) is 0 Å². The lowest BCUT2D eigenvalue weighted by atomic mass is 10.2. The third-order valence-corrected chi connectivity index (χ3v) is 7.64. The van der Waals surface area contributed by atoms with Gasteiger partial charge < -0.3 is 9.47 Å². The van der Waals surface area contributed by atoms with Crippen LogP contribution in [0, 0.1) is 0 Å². The van der Waals surface area contributed by atoms with Crippen LogP contribution >= 0.6 is 23.5 Å². The van der Waals surface area contributed by atoms with Crippen molar-refractivity contribution in [3.05, 3.63) is 132 Å². The second kappa shape index (κ2) is 12.5. The average molecular weight is 615 g/mol. The zero-order valence-electron chi connectivity index (χ0n) is 21.4. The summed E-state index contributed by atoms with van der Waals surface area (Å²) < 4.78 is 89.6. The van der Waals surface area contributed by atoms with Crippen molar-refractivity contribution in [2.24, 2.45) is 0 Å². The highest BCUT2D eigenvalue weighted by Gasteiger charge is 2.31. The second-order valence-corrected chi connectivity index (χ2v) is 11.2. The maximum atomic E-state index is 13.0. The molecule has 0 aliphatic heterocycles. The van der Waals surface area contributed by atoms with Gasteiger partial charge in [-0.3, -0.25) is 0 Å². The monoisotopic (exact) mass is 614 g/mol. The Morgan fingerprint density at radius 2 is 0.690 bits per heavy atom. The van der Waals surface area contributed by atoms with E-state index in [0.29, 0.717) is 11.5 Å². The molecule has 0 aliphatic carbocycles. The molecule has 0 unspecified atom stereocenters. The normalized spacial score (nSPS) is 11.8. The molecule has 0 spiro atoms. The molecule has 0 saturated heterocycles. The van der Waals surface area contributed by atoms with E-state index in [1.807, 2.05) is 36.4 Å². The average Bonchev–Trinajstić information content (AvgIpc) is 2.93. The van der Waals surface area contributed by atoms with Gasteiger partial charge in [0.25, 0.3) is 0 Å². The van der Waals surface area contributed by atoms with E-state index < -0.39 is 23.5 Å². The topological polar surface area (TPSA) is 18.5 Å². The van der Waals surface area contributed by atoms with E-state index in [2.05, 4.69) is 0 Å². The molecule has 0 aromatic heterocycles. The highest BCUT2D eigenvalue weighted by Crippen LogP contribution is 2.38. The molecule has 0 amide bonds. The van der Waals surface area contributed by atoms with E-state index in [1.165, 1.54) is 47.8 Å². The third kappa shape index (κ3) is 8.04. The molecule has 0 heterocycles. The summed E-state index contributed by atoms with van der Waals surface area (Å²) in [5, 5.41) is 0. The lowest BCUT2D eigenvalue weighted by molar-refractivity contribution is -0.138. The van der Waals surface area contributed by atoms with Gasteiger partial charge in [-0.05, 0) is 91.0 Å². The summed E-state index contributed by atoms with van der Waals surface area (Å²) in [7, 11) is 0. The maximum absolute atomic E-state index is 13.0. The van der Waals surface area contributed by atoms with Gasteiger partial charge in [0.2, 0.25) is 0 Å². The highest BCUT2D eigenvalue weighted by molar-refractivity contribution is 8.00. The zero-order valence-corrected chi connectivity index (χ0v) is 23.1. The summed E-state index contributed by atoms with van der Waals surface area (Å²) in [4.78, 5) is 3.51. The lowest BCUT2D eigenvalue weighted by Gasteiger charge is -2.11. The summed E-state index contributed by atoms with van der Waals surface area (Å²) in [6.45, 7) is 0. The molecular formula is C32H20F6O2S2. The van der Waals surface area contributed by atoms with E-state index in [1.54, 1.807) is 36.4 Å². The zero-order chi connectivity index (χ0) is 29.7. The van der Waals surface area contributed by atoms with Gasteiger partial charge in [-0.25, -0.2) is 0 Å². The number of alkyl halides is 6. The molecule has 214 valence electrons. The first-order chi connectivity index (χ1) is 20.0. The Morgan fingerprint density at radius 3 is 1.07 bits per heavy atom. The summed E-state index contributed by atoms with van der Waals surface area (Å²) in [6, 6.07) is 31.3. The van der Waals surface area contributed by atoms with Crippen LogP contribution in [-0.4, -0.2) is 0 Å². The van der Waals surface area contributed by atoms with Crippen LogP contribution in [0.25, 0.3) is 0 Å². The minimum absolute atomic E-state index is 0.0876. The predicted octanol–water partition coefficient (Wildman–Crippen LogP) is 11.6. The van der Waals surface area contributed by atoms with Crippen molar-refractivity contribution < 1.29 is 35.8 Å². The van der Waals surface area contributed by atoms with Crippen LogP contribution in [0.2, 0.25) is 0 Å². The molecule has 0 aliphatic rings. The smallest absolute Gasteiger partial charge is 0.416 e. The molecule has 5 rings (SSSR count). The molecule has 42 heavy (non-hydrogen) atoms. The molecule has 5 aromatic carbocycles. The molecule has 0 atom stereocenters. The maximum Gasteiger partial charge on any atom is 0.416 e. The number of hydrogen-bond acceptors (Lipinski definition) is 4.